The molecular weight excluding hydrogens is 290 g/mol. The van der Waals surface area contributed by atoms with Crippen molar-refractivity contribution < 1.29 is 0 Å². The van der Waals surface area contributed by atoms with Gasteiger partial charge >= 0.3 is 0 Å². The molecule has 0 saturated heterocycles. The molecule has 0 unspecified atom stereocenters. The van der Waals surface area contributed by atoms with Crippen molar-refractivity contribution in [1.82, 2.24) is 24.6 Å². The quantitative estimate of drug-likeness (QED) is 0.688. The van der Waals surface area contributed by atoms with Gasteiger partial charge in [-0.2, -0.15) is 5.10 Å². The molecule has 5 rings (SSSR count). The molecule has 2 aliphatic heterocycles. The van der Waals surface area contributed by atoms with Crippen LogP contribution in [0.5, 0.6) is 0 Å². The average Bonchev–Trinajstić information content (AvgIpc) is 3.19. The van der Waals surface area contributed by atoms with E-state index in [1.807, 2.05) is 46.8 Å². The normalized spacial score (nSPS) is 15.7. The molecule has 0 saturated carbocycles. The molecule has 7 nitrogen and oxygen atoms in total. The van der Waals surface area contributed by atoms with E-state index in [-0.39, 0.29) is 0 Å². The van der Waals surface area contributed by atoms with Crippen LogP contribution in [0, 0.1) is 6.92 Å². The smallest absolute Gasteiger partial charge is 0.185 e. The third kappa shape index (κ3) is 1.73. The summed E-state index contributed by atoms with van der Waals surface area (Å²) in [6, 6.07) is 9.94. The fraction of sp³-hybridized carbons (Fsp3) is 0.188. The number of nitrogens with zero attached hydrogens (tertiary/aromatic N) is 7. The van der Waals surface area contributed by atoms with Crippen molar-refractivity contribution in [1.29, 1.82) is 0 Å². The van der Waals surface area contributed by atoms with E-state index in [4.69, 9.17) is 9.97 Å². The van der Waals surface area contributed by atoms with Gasteiger partial charge in [-0.15, -0.1) is 0 Å². The third-order valence-corrected chi connectivity index (χ3v) is 4.06. The van der Waals surface area contributed by atoms with Crippen LogP contribution >= 0.6 is 0 Å². The lowest BCUT2D eigenvalue weighted by Crippen LogP contribution is -2.30. The van der Waals surface area contributed by atoms with Gasteiger partial charge in [0.25, 0.3) is 0 Å². The number of hydrogen-bond donors (Lipinski definition) is 0. The van der Waals surface area contributed by atoms with Gasteiger partial charge in [-0.25, -0.2) is 19.6 Å². The first-order chi connectivity index (χ1) is 11.3. The van der Waals surface area contributed by atoms with E-state index < -0.39 is 0 Å². The second kappa shape index (κ2) is 4.45. The molecule has 0 amide bonds. The zero-order chi connectivity index (χ0) is 15.4. The van der Waals surface area contributed by atoms with Crippen molar-refractivity contribution in [2.24, 2.45) is 9.98 Å². The van der Waals surface area contributed by atoms with Gasteiger partial charge in [0.1, 0.15) is 5.52 Å². The number of aliphatic imine (C=N–C) groups is 2. The molecule has 0 N–H and O–H groups in total. The monoisotopic (exact) mass is 303 g/mol. The number of hydrogen-bond acceptors (Lipinski definition) is 6. The molecule has 3 aromatic rings. The van der Waals surface area contributed by atoms with Gasteiger partial charge in [0.2, 0.25) is 0 Å². The summed E-state index contributed by atoms with van der Waals surface area (Å²) in [5, 5.41) is 4.60. The number of benzene rings is 1. The Morgan fingerprint density at radius 1 is 1.09 bits per heavy atom. The molecule has 7 heteroatoms. The molecule has 23 heavy (non-hydrogen) atoms. The van der Waals surface area contributed by atoms with Gasteiger partial charge < -0.3 is 4.90 Å². The minimum atomic E-state index is 0.603. The Kier molecular flexibility index (Phi) is 2.41. The van der Waals surface area contributed by atoms with Crippen LogP contribution in [0.25, 0.3) is 16.9 Å². The SMILES string of the molecule is Cc1nn(-c2ccccc2)c2nc3c(nc12)C1=NCCN1C=N3. The zero-order valence-electron chi connectivity index (χ0n) is 12.5. The number of para-hydroxylation sites is 1. The van der Waals surface area contributed by atoms with Crippen molar-refractivity contribution in [2.45, 2.75) is 6.92 Å². The predicted molar refractivity (Wildman–Crippen MR) is 87.7 cm³/mol. The number of aromatic nitrogens is 4. The summed E-state index contributed by atoms with van der Waals surface area (Å²) >= 11 is 0. The van der Waals surface area contributed by atoms with Crippen LogP contribution in [0.1, 0.15) is 11.4 Å². The number of fused-ring (bicyclic) bond motifs is 4. The summed E-state index contributed by atoms with van der Waals surface area (Å²) in [6.45, 7) is 3.56. The zero-order valence-corrected chi connectivity index (χ0v) is 12.5. The van der Waals surface area contributed by atoms with Gasteiger partial charge in [0, 0.05) is 6.54 Å². The average molecular weight is 303 g/mol. The van der Waals surface area contributed by atoms with Crippen molar-refractivity contribution >= 4 is 29.2 Å². The summed E-state index contributed by atoms with van der Waals surface area (Å²) in [6.07, 6.45) is 1.78. The van der Waals surface area contributed by atoms with E-state index in [9.17, 15) is 0 Å². The highest BCUT2D eigenvalue weighted by Gasteiger charge is 2.27. The second-order valence-corrected chi connectivity index (χ2v) is 5.54. The molecule has 1 aromatic carbocycles. The van der Waals surface area contributed by atoms with Crippen molar-refractivity contribution in [3.05, 3.63) is 41.7 Å². The summed E-state index contributed by atoms with van der Waals surface area (Å²) in [5.41, 5.74) is 4.06. The van der Waals surface area contributed by atoms with E-state index in [0.717, 1.165) is 47.2 Å². The Hall–Kier alpha value is -3.09. The Morgan fingerprint density at radius 3 is 2.83 bits per heavy atom. The van der Waals surface area contributed by atoms with Crippen LogP contribution in [0.15, 0.2) is 40.3 Å². The van der Waals surface area contributed by atoms with Gasteiger partial charge in [-0.3, -0.25) is 4.99 Å². The maximum Gasteiger partial charge on any atom is 0.185 e. The highest BCUT2D eigenvalue weighted by atomic mass is 15.3. The van der Waals surface area contributed by atoms with E-state index in [1.54, 1.807) is 6.34 Å². The van der Waals surface area contributed by atoms with Crippen LogP contribution in [0.2, 0.25) is 0 Å². The summed E-state index contributed by atoms with van der Waals surface area (Å²) in [4.78, 5) is 20.4. The minimum Gasteiger partial charge on any atom is -0.314 e. The van der Waals surface area contributed by atoms with Crippen LogP contribution < -0.4 is 0 Å². The summed E-state index contributed by atoms with van der Waals surface area (Å²) in [7, 11) is 0. The second-order valence-electron chi connectivity index (χ2n) is 5.54. The third-order valence-electron chi connectivity index (χ3n) is 4.06. The molecular formula is C16H13N7. The van der Waals surface area contributed by atoms with E-state index in [2.05, 4.69) is 15.1 Å². The standard InChI is InChI=1S/C16H13N7/c1-10-12-16(23(21-10)11-5-3-2-4-6-11)20-14-13(19-12)15-17-7-8-22(15)9-18-14/h2-6,9H,7-8H2,1H3. The first-order valence-electron chi connectivity index (χ1n) is 7.50. The lowest BCUT2D eigenvalue weighted by molar-refractivity contribution is 0.677. The molecule has 0 radical (unpaired) electrons. The fourth-order valence-electron chi connectivity index (χ4n) is 2.95. The van der Waals surface area contributed by atoms with Crippen LogP contribution in [-0.2, 0) is 0 Å². The molecule has 0 spiro atoms. The highest BCUT2D eigenvalue weighted by molar-refractivity contribution is 6.10. The number of aryl methyl sites for hydroxylation is 1. The Labute approximate surface area is 132 Å². The molecule has 0 fully saturated rings. The summed E-state index contributed by atoms with van der Waals surface area (Å²) < 4.78 is 1.82. The van der Waals surface area contributed by atoms with Crippen LogP contribution in [0.3, 0.4) is 0 Å². The van der Waals surface area contributed by atoms with E-state index in [0.29, 0.717) is 5.82 Å². The van der Waals surface area contributed by atoms with E-state index in [1.165, 1.54) is 0 Å². The molecule has 112 valence electrons. The summed E-state index contributed by atoms with van der Waals surface area (Å²) in [5.74, 6) is 1.46. The van der Waals surface area contributed by atoms with Gasteiger partial charge in [0.15, 0.2) is 23.0 Å². The molecule has 4 heterocycles. The number of amidine groups is 1. The van der Waals surface area contributed by atoms with Gasteiger partial charge in [-0.1, -0.05) is 18.2 Å². The van der Waals surface area contributed by atoms with Crippen LogP contribution in [-0.4, -0.2) is 49.9 Å². The minimum absolute atomic E-state index is 0.603. The first-order valence-corrected chi connectivity index (χ1v) is 7.50. The lowest BCUT2D eigenvalue weighted by Gasteiger charge is -2.18. The topological polar surface area (TPSA) is 71.6 Å². The van der Waals surface area contributed by atoms with Crippen LogP contribution in [0.4, 0.5) is 5.82 Å². The molecule has 0 aliphatic carbocycles. The van der Waals surface area contributed by atoms with Crippen molar-refractivity contribution in [2.75, 3.05) is 13.1 Å². The molecule has 0 bridgehead atoms. The predicted octanol–water partition coefficient (Wildman–Crippen LogP) is 1.86. The maximum absolute atomic E-state index is 4.77. The van der Waals surface area contributed by atoms with E-state index >= 15 is 0 Å². The highest BCUT2D eigenvalue weighted by Crippen LogP contribution is 2.27. The molecule has 2 aromatic heterocycles. The Balaban J connectivity index is 1.79. The molecule has 2 aliphatic rings. The Bertz CT molecular complexity index is 985. The maximum atomic E-state index is 4.77. The van der Waals surface area contributed by atoms with Gasteiger partial charge in [-0.05, 0) is 19.1 Å². The molecule has 0 atom stereocenters. The lowest BCUT2D eigenvalue weighted by atomic mass is 10.3. The largest absolute Gasteiger partial charge is 0.314 e. The Morgan fingerprint density at radius 2 is 1.96 bits per heavy atom. The number of rotatable bonds is 1. The van der Waals surface area contributed by atoms with Crippen molar-refractivity contribution in [3.63, 3.8) is 0 Å². The first kappa shape index (κ1) is 12.5. The van der Waals surface area contributed by atoms with Crippen molar-refractivity contribution in [3.8, 4) is 5.69 Å². The fourth-order valence-corrected chi connectivity index (χ4v) is 2.95. The van der Waals surface area contributed by atoms with Gasteiger partial charge in [0.05, 0.1) is 24.3 Å².